The highest BCUT2D eigenvalue weighted by Gasteiger charge is 2.70. The molecule has 2 saturated heterocycles. The quantitative estimate of drug-likeness (QED) is 0.110. The van der Waals surface area contributed by atoms with Gasteiger partial charge in [-0.05, 0) is 109 Å². The van der Waals surface area contributed by atoms with Gasteiger partial charge in [-0.25, -0.2) is 4.79 Å². The molecule has 0 aromatic heterocycles. The highest BCUT2D eigenvalue weighted by molar-refractivity contribution is 5.79. The summed E-state index contributed by atoms with van der Waals surface area (Å²) in [6.45, 7) is 15.5. The van der Waals surface area contributed by atoms with Gasteiger partial charge >= 0.3 is 11.9 Å². The van der Waals surface area contributed by atoms with Crippen molar-refractivity contribution in [3.63, 3.8) is 0 Å². The van der Waals surface area contributed by atoms with Crippen molar-refractivity contribution in [2.75, 3.05) is 6.61 Å². The SMILES string of the molecule is CC1(C)CC[C@]2(C(=O)O[C@@H]3OC(CO)[C@@H](O)[C@H](O)[C@H]3O)CC[C@]3(C)C(=CCC4[C@@]5(C)CC[C@H](O[C@@H]6OC(C(=O)O)[C@@H](O)[C@H](O)[C@H]6O)C(C)(C)C5CC[C@]43C)[C@@H]2C1. The van der Waals surface area contributed by atoms with Crippen LogP contribution in [0.4, 0.5) is 0 Å². The number of aliphatic hydroxyl groups excluding tert-OH is 7. The van der Waals surface area contributed by atoms with Gasteiger partial charge in [0.05, 0.1) is 18.1 Å². The number of hydrogen-bond acceptors (Lipinski definition) is 13. The third-order valence-electron chi connectivity index (χ3n) is 17.2. The van der Waals surface area contributed by atoms with Gasteiger partial charge in [-0.2, -0.15) is 0 Å². The maximum Gasteiger partial charge on any atom is 0.335 e. The number of aliphatic hydroxyl groups is 7. The zero-order valence-electron chi connectivity index (χ0n) is 34.0. The minimum atomic E-state index is -1.79. The molecule has 7 aliphatic rings. The van der Waals surface area contributed by atoms with Crippen LogP contribution in [0.2, 0.25) is 0 Å². The van der Waals surface area contributed by atoms with E-state index in [-0.39, 0.29) is 33.5 Å². The van der Waals surface area contributed by atoms with E-state index in [0.717, 1.165) is 44.9 Å². The predicted octanol–water partition coefficient (Wildman–Crippen LogP) is 2.41. The van der Waals surface area contributed by atoms with Crippen LogP contribution in [0.3, 0.4) is 0 Å². The summed E-state index contributed by atoms with van der Waals surface area (Å²) in [5.41, 5.74) is -0.448. The summed E-state index contributed by atoms with van der Waals surface area (Å²) in [5, 5.41) is 82.4. The summed E-state index contributed by atoms with van der Waals surface area (Å²) in [4.78, 5) is 26.4. The molecule has 4 unspecified atom stereocenters. The van der Waals surface area contributed by atoms with Crippen molar-refractivity contribution in [1.29, 1.82) is 0 Å². The lowest BCUT2D eigenvalue weighted by molar-refractivity contribution is -0.324. The second-order valence-electron chi connectivity index (χ2n) is 20.7. The van der Waals surface area contributed by atoms with Crippen molar-refractivity contribution < 1.29 is 69.4 Å². The lowest BCUT2D eigenvalue weighted by atomic mass is 9.33. The Morgan fingerprint density at radius 2 is 1.39 bits per heavy atom. The van der Waals surface area contributed by atoms with Crippen molar-refractivity contribution in [1.82, 2.24) is 0 Å². The van der Waals surface area contributed by atoms with Crippen molar-refractivity contribution in [3.8, 4) is 0 Å². The molecular weight excluding hydrogens is 728 g/mol. The van der Waals surface area contributed by atoms with Gasteiger partial charge in [-0.3, -0.25) is 4.79 Å². The van der Waals surface area contributed by atoms with Crippen LogP contribution in [0.15, 0.2) is 11.6 Å². The molecule has 14 heteroatoms. The second kappa shape index (κ2) is 14.2. The van der Waals surface area contributed by atoms with Gasteiger partial charge in [0.1, 0.15) is 42.7 Å². The highest BCUT2D eigenvalue weighted by Crippen LogP contribution is 2.76. The molecule has 8 N–H and O–H groups in total. The minimum Gasteiger partial charge on any atom is -0.479 e. The van der Waals surface area contributed by atoms with Crippen molar-refractivity contribution in [2.24, 2.45) is 50.2 Å². The first-order chi connectivity index (χ1) is 26.0. The van der Waals surface area contributed by atoms with Crippen LogP contribution in [0.5, 0.6) is 0 Å². The Hall–Kier alpha value is -1.72. The molecule has 5 aliphatic carbocycles. The molecule has 6 fully saturated rings. The van der Waals surface area contributed by atoms with Gasteiger partial charge in [0.25, 0.3) is 0 Å². The number of carbonyl (C=O) groups is 2. The summed E-state index contributed by atoms with van der Waals surface area (Å²) in [6, 6.07) is 0. The molecule has 0 aromatic carbocycles. The number of allylic oxidation sites excluding steroid dienone is 2. The summed E-state index contributed by atoms with van der Waals surface area (Å²) in [6.07, 6.45) is -6.14. The summed E-state index contributed by atoms with van der Waals surface area (Å²) >= 11 is 0. The number of carboxylic acid groups (broad SMARTS) is 1. The second-order valence-corrected chi connectivity index (χ2v) is 20.7. The zero-order valence-corrected chi connectivity index (χ0v) is 34.0. The number of hydrogen-bond donors (Lipinski definition) is 8. The van der Waals surface area contributed by atoms with Crippen LogP contribution in [0.1, 0.15) is 113 Å². The fourth-order valence-corrected chi connectivity index (χ4v) is 13.5. The third kappa shape index (κ3) is 6.17. The number of ether oxygens (including phenoxy) is 4. The largest absolute Gasteiger partial charge is 0.479 e. The number of esters is 1. The topological polar surface area (TPSA) is 233 Å². The molecule has 14 nitrogen and oxygen atoms in total. The van der Waals surface area contributed by atoms with Crippen molar-refractivity contribution >= 4 is 11.9 Å². The van der Waals surface area contributed by atoms with Gasteiger partial charge in [0.15, 0.2) is 12.4 Å². The first-order valence-corrected chi connectivity index (χ1v) is 20.8. The first-order valence-electron chi connectivity index (χ1n) is 20.8. The Bertz CT molecular complexity index is 1560. The molecule has 4 saturated carbocycles. The third-order valence-corrected chi connectivity index (χ3v) is 17.2. The lowest BCUT2D eigenvalue weighted by Gasteiger charge is -2.71. The Morgan fingerprint density at radius 1 is 0.750 bits per heavy atom. The summed E-state index contributed by atoms with van der Waals surface area (Å²) in [7, 11) is 0. The van der Waals surface area contributed by atoms with Crippen LogP contribution in [0, 0.1) is 50.2 Å². The number of fused-ring (bicyclic) bond motifs is 7. The van der Waals surface area contributed by atoms with Crippen LogP contribution in [-0.4, -0.2) is 127 Å². The zero-order chi connectivity index (χ0) is 41.1. The molecule has 0 aromatic rings. The normalized spacial score (nSPS) is 52.3. The maximum absolute atomic E-state index is 14.6. The standard InChI is InChI=1S/C42H66O14/c1-37(2)14-16-42(36(52)56-34-30(48)27(45)26(44)22(19-43)53-34)17-15-40(6)20(21(42)18-37)8-9-24-39(5)12-11-25(38(3,4)23(39)10-13-41(24,40)7)54-35-31(49)28(46)29(47)32(55-35)33(50)51/h8,21-32,34-35,43-49H,9-19H2,1-7H3,(H,50,51)/t21-,22?,23?,24?,25-,26+,27-,28-,29-,30+,31+,32?,34-,35+,39-,40+,41+,42-/m0/s1. The van der Waals surface area contributed by atoms with E-state index < -0.39 is 96.9 Å². The molecule has 0 spiro atoms. The molecule has 18 atom stereocenters. The molecule has 0 radical (unpaired) electrons. The van der Waals surface area contributed by atoms with E-state index in [4.69, 9.17) is 18.9 Å². The van der Waals surface area contributed by atoms with Gasteiger partial charge in [-0.1, -0.05) is 60.1 Å². The molecule has 0 bridgehead atoms. The maximum atomic E-state index is 14.6. The highest BCUT2D eigenvalue weighted by atomic mass is 16.7. The monoisotopic (exact) mass is 794 g/mol. The van der Waals surface area contributed by atoms with Crippen molar-refractivity contribution in [3.05, 3.63) is 11.6 Å². The van der Waals surface area contributed by atoms with E-state index in [2.05, 4.69) is 54.5 Å². The number of aliphatic carboxylic acids is 1. The summed E-state index contributed by atoms with van der Waals surface area (Å²) < 4.78 is 23.5. The number of carboxylic acids is 1. The fraction of sp³-hybridized carbons (Fsp3) is 0.905. The molecule has 56 heavy (non-hydrogen) atoms. The van der Waals surface area contributed by atoms with Gasteiger partial charge in [0.2, 0.25) is 6.29 Å². The van der Waals surface area contributed by atoms with Crippen LogP contribution < -0.4 is 0 Å². The molecule has 2 heterocycles. The van der Waals surface area contributed by atoms with Crippen LogP contribution >= 0.6 is 0 Å². The van der Waals surface area contributed by atoms with E-state index in [9.17, 15) is 50.4 Å². The van der Waals surface area contributed by atoms with Crippen LogP contribution in [0.25, 0.3) is 0 Å². The predicted molar refractivity (Wildman–Crippen MR) is 198 cm³/mol. The minimum absolute atomic E-state index is 0.0330. The van der Waals surface area contributed by atoms with Crippen molar-refractivity contribution in [2.45, 2.75) is 180 Å². The Balaban J connectivity index is 1.16. The van der Waals surface area contributed by atoms with E-state index >= 15 is 0 Å². The van der Waals surface area contributed by atoms with E-state index in [1.54, 1.807) is 0 Å². The lowest BCUT2D eigenvalue weighted by Crippen LogP contribution is -2.66. The molecule has 7 rings (SSSR count). The smallest absolute Gasteiger partial charge is 0.335 e. The number of carbonyl (C=O) groups excluding carboxylic acids is 1. The van der Waals surface area contributed by atoms with Gasteiger partial charge in [0, 0.05) is 0 Å². The fourth-order valence-electron chi connectivity index (χ4n) is 13.5. The first kappa shape index (κ1) is 42.4. The summed E-state index contributed by atoms with van der Waals surface area (Å²) in [5.74, 6) is -1.52. The molecule has 2 aliphatic heterocycles. The molecular formula is C42H66O14. The van der Waals surface area contributed by atoms with Crippen LogP contribution in [-0.2, 0) is 28.5 Å². The Morgan fingerprint density at radius 3 is 2.05 bits per heavy atom. The van der Waals surface area contributed by atoms with Gasteiger partial charge in [-0.15, -0.1) is 0 Å². The number of rotatable bonds is 6. The Labute approximate surface area is 329 Å². The molecule has 318 valence electrons. The van der Waals surface area contributed by atoms with Gasteiger partial charge < -0.3 is 59.8 Å². The molecule has 0 amide bonds. The average molecular weight is 795 g/mol. The van der Waals surface area contributed by atoms with E-state index in [0.29, 0.717) is 25.2 Å². The average Bonchev–Trinajstić information content (AvgIpc) is 3.12. The van der Waals surface area contributed by atoms with E-state index in [1.807, 2.05) is 0 Å². The Kier molecular flexibility index (Phi) is 10.8. The van der Waals surface area contributed by atoms with E-state index in [1.165, 1.54) is 5.57 Å².